The van der Waals surface area contributed by atoms with Gasteiger partial charge in [-0.3, -0.25) is 0 Å². The van der Waals surface area contributed by atoms with Gasteiger partial charge in [0, 0.05) is 20.2 Å². The van der Waals surface area contributed by atoms with E-state index in [9.17, 15) is 8.42 Å². The number of hydrogen-bond acceptors (Lipinski definition) is 4. The van der Waals surface area contributed by atoms with E-state index >= 15 is 0 Å². The highest BCUT2D eigenvalue weighted by Gasteiger charge is 2.30. The molecule has 1 N–H and O–H groups in total. The molecule has 0 aromatic heterocycles. The Morgan fingerprint density at radius 2 is 2.29 bits per heavy atom. The second kappa shape index (κ2) is 5.06. The lowest BCUT2D eigenvalue weighted by Gasteiger charge is -2.15. The molecule has 0 aliphatic carbocycles. The fourth-order valence-electron chi connectivity index (χ4n) is 1.67. The first-order valence-corrected chi connectivity index (χ1v) is 6.28. The number of methoxy groups -OCH3 is 1. The van der Waals surface area contributed by atoms with Crippen molar-refractivity contribution in [2.45, 2.75) is 6.42 Å². The largest absolute Gasteiger partial charge is 0.395 e. The fourth-order valence-corrected chi connectivity index (χ4v) is 2.98. The van der Waals surface area contributed by atoms with Gasteiger partial charge in [0.05, 0.1) is 19.0 Å². The topological polar surface area (TPSA) is 66.8 Å². The molecule has 0 radical (unpaired) electrons. The van der Waals surface area contributed by atoms with E-state index in [4.69, 9.17) is 9.84 Å². The third kappa shape index (κ3) is 2.91. The quantitative estimate of drug-likeness (QED) is 0.668. The first kappa shape index (κ1) is 11.9. The minimum atomic E-state index is -3.23. The molecular formula is C8H17NO4S. The summed E-state index contributed by atoms with van der Waals surface area (Å²) in [6, 6.07) is 0. The van der Waals surface area contributed by atoms with E-state index in [1.54, 1.807) is 7.11 Å². The lowest BCUT2D eigenvalue weighted by Crippen LogP contribution is -2.32. The number of aliphatic hydroxyl groups excluding tert-OH is 1. The van der Waals surface area contributed by atoms with Crippen molar-refractivity contribution in [3.8, 4) is 0 Å². The molecule has 1 aliphatic rings. The zero-order chi connectivity index (χ0) is 10.6. The molecule has 1 unspecified atom stereocenters. The average molecular weight is 223 g/mol. The molecule has 1 aliphatic heterocycles. The molecule has 0 spiro atoms. The van der Waals surface area contributed by atoms with Crippen molar-refractivity contribution < 1.29 is 18.3 Å². The van der Waals surface area contributed by atoms with Crippen molar-refractivity contribution in [1.29, 1.82) is 0 Å². The van der Waals surface area contributed by atoms with Crippen LogP contribution in [-0.2, 0) is 14.8 Å². The van der Waals surface area contributed by atoms with Crippen molar-refractivity contribution in [1.82, 2.24) is 4.31 Å². The summed E-state index contributed by atoms with van der Waals surface area (Å²) in [4.78, 5) is 0. The number of hydrogen-bond donors (Lipinski definition) is 1. The van der Waals surface area contributed by atoms with Gasteiger partial charge in [-0.25, -0.2) is 12.7 Å². The monoisotopic (exact) mass is 223 g/mol. The van der Waals surface area contributed by atoms with Crippen LogP contribution in [0.2, 0.25) is 0 Å². The smallest absolute Gasteiger partial charge is 0.216 e. The number of rotatable bonds is 5. The molecule has 1 saturated heterocycles. The van der Waals surface area contributed by atoms with Gasteiger partial charge in [-0.1, -0.05) is 0 Å². The number of aliphatic hydroxyl groups is 1. The normalized spacial score (nSPS) is 24.3. The Balaban J connectivity index is 2.49. The Morgan fingerprint density at radius 3 is 2.86 bits per heavy atom. The molecule has 6 heteroatoms. The summed E-state index contributed by atoms with van der Waals surface area (Å²) in [5, 5.41) is 8.60. The van der Waals surface area contributed by atoms with Crippen LogP contribution in [0.1, 0.15) is 6.42 Å². The second-order valence-corrected chi connectivity index (χ2v) is 5.60. The van der Waals surface area contributed by atoms with Gasteiger partial charge in [0.15, 0.2) is 0 Å². The van der Waals surface area contributed by atoms with Crippen molar-refractivity contribution in [3.63, 3.8) is 0 Å². The van der Waals surface area contributed by atoms with E-state index in [0.717, 1.165) is 6.42 Å². The van der Waals surface area contributed by atoms with Crippen molar-refractivity contribution >= 4 is 10.0 Å². The molecule has 1 fully saturated rings. The number of nitrogens with zero attached hydrogens (tertiary/aromatic N) is 1. The minimum absolute atomic E-state index is 0.174. The molecule has 0 bridgehead atoms. The first-order chi connectivity index (χ1) is 6.60. The van der Waals surface area contributed by atoms with E-state index in [1.165, 1.54) is 4.31 Å². The molecule has 5 nitrogen and oxygen atoms in total. The molecule has 0 saturated carbocycles. The van der Waals surface area contributed by atoms with E-state index in [0.29, 0.717) is 25.6 Å². The lowest BCUT2D eigenvalue weighted by atomic mass is 10.1. The third-order valence-electron chi connectivity index (χ3n) is 2.39. The van der Waals surface area contributed by atoms with Gasteiger partial charge in [-0.15, -0.1) is 0 Å². The number of sulfonamides is 1. The van der Waals surface area contributed by atoms with E-state index in [-0.39, 0.29) is 12.4 Å². The van der Waals surface area contributed by atoms with Gasteiger partial charge in [0.1, 0.15) is 0 Å². The molecule has 0 aromatic carbocycles. The van der Waals surface area contributed by atoms with Crippen molar-refractivity contribution in [2.24, 2.45) is 5.92 Å². The summed E-state index contributed by atoms with van der Waals surface area (Å²) in [7, 11) is -1.62. The third-order valence-corrected chi connectivity index (χ3v) is 4.21. The predicted octanol–water partition coefficient (Wildman–Crippen LogP) is -0.723. The van der Waals surface area contributed by atoms with E-state index in [1.807, 2.05) is 0 Å². The van der Waals surface area contributed by atoms with E-state index in [2.05, 4.69) is 0 Å². The molecule has 1 rings (SSSR count). The lowest BCUT2D eigenvalue weighted by molar-refractivity contribution is 0.157. The van der Waals surface area contributed by atoms with Crippen LogP contribution in [0.15, 0.2) is 0 Å². The summed E-state index contributed by atoms with van der Waals surface area (Å²) < 4.78 is 29.4. The minimum Gasteiger partial charge on any atom is -0.395 e. The Morgan fingerprint density at radius 1 is 1.57 bits per heavy atom. The van der Waals surface area contributed by atoms with Gasteiger partial charge in [0.25, 0.3) is 0 Å². The Bertz CT molecular complexity index is 265. The van der Waals surface area contributed by atoms with Crippen LogP contribution >= 0.6 is 0 Å². The van der Waals surface area contributed by atoms with Crippen molar-refractivity contribution in [2.75, 3.05) is 39.2 Å². The van der Waals surface area contributed by atoms with Crippen LogP contribution < -0.4 is 0 Å². The van der Waals surface area contributed by atoms with Gasteiger partial charge in [-0.05, 0) is 12.3 Å². The molecule has 84 valence electrons. The van der Waals surface area contributed by atoms with Gasteiger partial charge >= 0.3 is 0 Å². The predicted molar refractivity (Wildman–Crippen MR) is 52.4 cm³/mol. The molecule has 1 atom stereocenters. The zero-order valence-corrected chi connectivity index (χ0v) is 9.16. The highest BCUT2D eigenvalue weighted by Crippen LogP contribution is 2.19. The van der Waals surface area contributed by atoms with Gasteiger partial charge in [-0.2, -0.15) is 0 Å². The summed E-state index contributed by atoms with van der Waals surface area (Å²) in [5.74, 6) is 0.126. The molecular weight excluding hydrogens is 206 g/mol. The molecule has 0 aromatic rings. The van der Waals surface area contributed by atoms with Gasteiger partial charge in [0.2, 0.25) is 10.0 Å². The van der Waals surface area contributed by atoms with Crippen LogP contribution in [0, 0.1) is 5.92 Å². The average Bonchev–Trinajstić information content (AvgIpc) is 2.54. The molecule has 14 heavy (non-hydrogen) atoms. The molecule has 0 amide bonds. The van der Waals surface area contributed by atoms with Crippen LogP contribution in [0.4, 0.5) is 0 Å². The molecule has 1 heterocycles. The van der Waals surface area contributed by atoms with Crippen LogP contribution in [0.3, 0.4) is 0 Å². The summed E-state index contributed by atoms with van der Waals surface area (Å²) >= 11 is 0. The van der Waals surface area contributed by atoms with Crippen LogP contribution in [0.25, 0.3) is 0 Å². The Kier molecular flexibility index (Phi) is 4.31. The summed E-state index contributed by atoms with van der Waals surface area (Å²) in [5.41, 5.74) is 0. The fraction of sp³-hybridized carbons (Fsp3) is 1.00. The summed E-state index contributed by atoms with van der Waals surface area (Å²) in [6.45, 7) is 1.37. The zero-order valence-electron chi connectivity index (χ0n) is 8.35. The van der Waals surface area contributed by atoms with Crippen LogP contribution in [0.5, 0.6) is 0 Å². The van der Waals surface area contributed by atoms with Crippen LogP contribution in [-0.4, -0.2) is 57.0 Å². The Hall–Kier alpha value is -0.170. The summed E-state index contributed by atoms with van der Waals surface area (Å²) in [6.07, 6.45) is 0.846. The van der Waals surface area contributed by atoms with Crippen molar-refractivity contribution in [3.05, 3.63) is 0 Å². The highest BCUT2D eigenvalue weighted by atomic mass is 32.2. The maximum atomic E-state index is 11.5. The van der Waals surface area contributed by atoms with E-state index < -0.39 is 10.0 Å². The standard InChI is InChI=1S/C8H17NO4S/c1-13-7-8-2-3-9(6-8)14(11,12)5-4-10/h8,10H,2-7H2,1H3. The maximum absolute atomic E-state index is 11.5. The Labute approximate surface area is 84.7 Å². The second-order valence-electron chi connectivity index (χ2n) is 3.51. The highest BCUT2D eigenvalue weighted by molar-refractivity contribution is 7.89. The SMILES string of the molecule is COCC1CCN(S(=O)(=O)CCO)C1. The first-order valence-electron chi connectivity index (χ1n) is 4.67. The number of ether oxygens (including phenoxy) is 1. The maximum Gasteiger partial charge on any atom is 0.216 e. The van der Waals surface area contributed by atoms with Gasteiger partial charge < -0.3 is 9.84 Å².